The number of hydrogen-bond acceptors (Lipinski definition) is 3. The Morgan fingerprint density at radius 3 is 2.00 bits per heavy atom. The molecule has 0 aliphatic heterocycles. The maximum atomic E-state index is 10.4. The standard InChI is InChI=1S/C9H17NO2.C3H5NO/c1-4-10(5-2)7-6-8(3)9(11)12;1-2-3(4)5/h3-7H2,1-2H3,(H,11,12);2H,1H2,(H2,4,5). The molecular weight excluding hydrogens is 220 g/mol. The molecule has 0 spiro atoms. The summed E-state index contributed by atoms with van der Waals surface area (Å²) < 4.78 is 0. The van der Waals surface area contributed by atoms with Gasteiger partial charge in [0.25, 0.3) is 0 Å². The number of aliphatic carboxylic acids is 1. The van der Waals surface area contributed by atoms with E-state index in [2.05, 4.69) is 37.6 Å². The molecule has 5 heteroatoms. The van der Waals surface area contributed by atoms with Gasteiger partial charge in [0.05, 0.1) is 0 Å². The fourth-order valence-corrected chi connectivity index (χ4v) is 0.940. The van der Waals surface area contributed by atoms with Gasteiger partial charge in [-0.3, -0.25) is 4.79 Å². The Morgan fingerprint density at radius 2 is 1.76 bits per heavy atom. The van der Waals surface area contributed by atoms with Crippen molar-refractivity contribution in [2.45, 2.75) is 20.3 Å². The Morgan fingerprint density at radius 1 is 1.35 bits per heavy atom. The summed E-state index contributed by atoms with van der Waals surface area (Å²) in [6, 6.07) is 0. The molecule has 0 fully saturated rings. The molecule has 0 aromatic heterocycles. The number of carboxylic acid groups (broad SMARTS) is 1. The summed E-state index contributed by atoms with van der Waals surface area (Å²) in [7, 11) is 0. The molecule has 17 heavy (non-hydrogen) atoms. The first-order valence-corrected chi connectivity index (χ1v) is 5.44. The number of carbonyl (C=O) groups excluding carboxylic acids is 1. The van der Waals surface area contributed by atoms with E-state index in [-0.39, 0.29) is 0 Å². The topological polar surface area (TPSA) is 83.6 Å². The summed E-state index contributed by atoms with van der Waals surface area (Å²) in [5.74, 6) is -1.37. The van der Waals surface area contributed by atoms with Gasteiger partial charge in [-0.15, -0.1) is 0 Å². The quantitative estimate of drug-likeness (QED) is 0.653. The van der Waals surface area contributed by atoms with E-state index in [1.807, 2.05) is 0 Å². The molecule has 0 aliphatic carbocycles. The number of rotatable bonds is 7. The van der Waals surface area contributed by atoms with Crippen molar-refractivity contribution in [2.75, 3.05) is 19.6 Å². The number of carbonyl (C=O) groups is 2. The molecule has 0 bridgehead atoms. The third kappa shape index (κ3) is 12.3. The Kier molecular flexibility index (Phi) is 11.4. The monoisotopic (exact) mass is 242 g/mol. The highest BCUT2D eigenvalue weighted by Crippen LogP contribution is 2.00. The summed E-state index contributed by atoms with van der Waals surface area (Å²) in [6.07, 6.45) is 1.61. The van der Waals surface area contributed by atoms with Gasteiger partial charge in [0.15, 0.2) is 0 Å². The molecule has 0 aromatic carbocycles. The normalized spacial score (nSPS) is 9.12. The summed E-state index contributed by atoms with van der Waals surface area (Å²) in [5.41, 5.74) is 4.83. The van der Waals surface area contributed by atoms with E-state index in [1.165, 1.54) is 0 Å². The van der Waals surface area contributed by atoms with E-state index in [0.29, 0.717) is 12.0 Å². The fraction of sp³-hybridized carbons (Fsp3) is 0.500. The van der Waals surface area contributed by atoms with Crippen LogP contribution in [0.3, 0.4) is 0 Å². The predicted octanol–water partition coefficient (Wildman–Crippen LogP) is 1.02. The molecule has 0 aliphatic rings. The average molecular weight is 242 g/mol. The van der Waals surface area contributed by atoms with Gasteiger partial charge in [-0.25, -0.2) is 4.79 Å². The molecule has 1 amide bonds. The molecule has 0 saturated carbocycles. The van der Waals surface area contributed by atoms with Gasteiger partial charge in [0.1, 0.15) is 0 Å². The third-order valence-corrected chi connectivity index (χ3v) is 2.13. The van der Waals surface area contributed by atoms with Gasteiger partial charge < -0.3 is 15.7 Å². The zero-order valence-corrected chi connectivity index (χ0v) is 10.6. The Bertz CT molecular complexity index is 271. The first-order valence-electron chi connectivity index (χ1n) is 5.44. The van der Waals surface area contributed by atoms with Crippen LogP contribution in [0, 0.1) is 0 Å². The SMILES string of the molecule is C=C(CCN(CC)CC)C(=O)O.C=CC(N)=O. The second kappa shape index (κ2) is 10.9. The van der Waals surface area contributed by atoms with Crippen molar-refractivity contribution >= 4 is 11.9 Å². The van der Waals surface area contributed by atoms with Crippen LogP contribution in [0.1, 0.15) is 20.3 Å². The number of amides is 1. The minimum Gasteiger partial charge on any atom is -0.478 e. The first-order chi connectivity index (χ1) is 7.88. The summed E-state index contributed by atoms with van der Waals surface area (Å²) in [4.78, 5) is 22.0. The molecule has 0 heterocycles. The van der Waals surface area contributed by atoms with E-state index in [4.69, 9.17) is 5.11 Å². The molecule has 3 N–H and O–H groups in total. The molecule has 0 aromatic rings. The lowest BCUT2D eigenvalue weighted by Gasteiger charge is -2.17. The molecule has 0 saturated heterocycles. The fourth-order valence-electron chi connectivity index (χ4n) is 0.940. The number of primary amides is 1. The maximum Gasteiger partial charge on any atom is 0.331 e. The van der Waals surface area contributed by atoms with Crippen LogP contribution in [0.5, 0.6) is 0 Å². The van der Waals surface area contributed by atoms with E-state index >= 15 is 0 Å². The number of nitrogens with two attached hydrogens (primary N) is 1. The Hall–Kier alpha value is -1.62. The van der Waals surface area contributed by atoms with Gasteiger partial charge in [-0.1, -0.05) is 27.0 Å². The third-order valence-electron chi connectivity index (χ3n) is 2.13. The summed E-state index contributed by atoms with van der Waals surface area (Å²) in [5, 5.41) is 8.52. The van der Waals surface area contributed by atoms with E-state index < -0.39 is 11.9 Å². The largest absolute Gasteiger partial charge is 0.478 e. The Balaban J connectivity index is 0. The zero-order chi connectivity index (χ0) is 13.8. The highest BCUT2D eigenvalue weighted by atomic mass is 16.4. The molecule has 0 radical (unpaired) electrons. The van der Waals surface area contributed by atoms with Crippen molar-refractivity contribution in [1.82, 2.24) is 4.90 Å². The minimum absolute atomic E-state index is 0.293. The number of nitrogens with zero attached hydrogens (tertiary/aromatic N) is 1. The van der Waals surface area contributed by atoms with Crippen LogP contribution in [0.25, 0.3) is 0 Å². The van der Waals surface area contributed by atoms with Crippen LogP contribution in [0.15, 0.2) is 24.8 Å². The van der Waals surface area contributed by atoms with Gasteiger partial charge in [0.2, 0.25) is 5.91 Å². The highest BCUT2D eigenvalue weighted by molar-refractivity contribution is 5.85. The molecule has 5 nitrogen and oxygen atoms in total. The van der Waals surface area contributed by atoms with E-state index in [0.717, 1.165) is 25.7 Å². The van der Waals surface area contributed by atoms with Crippen LogP contribution in [-0.4, -0.2) is 41.5 Å². The number of carboxylic acids is 1. The summed E-state index contributed by atoms with van der Waals surface area (Å²) >= 11 is 0. The average Bonchev–Trinajstić information content (AvgIpc) is 2.30. The lowest BCUT2D eigenvalue weighted by molar-refractivity contribution is -0.132. The van der Waals surface area contributed by atoms with Crippen molar-refractivity contribution in [2.24, 2.45) is 5.73 Å². The van der Waals surface area contributed by atoms with Crippen LogP contribution in [-0.2, 0) is 9.59 Å². The Labute approximate surface area is 103 Å². The van der Waals surface area contributed by atoms with Crippen LogP contribution >= 0.6 is 0 Å². The zero-order valence-electron chi connectivity index (χ0n) is 10.6. The molecule has 0 atom stereocenters. The number of hydrogen-bond donors (Lipinski definition) is 2. The molecule has 0 rings (SSSR count). The van der Waals surface area contributed by atoms with Crippen molar-refractivity contribution in [1.29, 1.82) is 0 Å². The molecule has 0 unspecified atom stereocenters. The minimum atomic E-state index is -0.887. The smallest absolute Gasteiger partial charge is 0.331 e. The van der Waals surface area contributed by atoms with Crippen molar-refractivity contribution in [3.63, 3.8) is 0 Å². The molecular formula is C12H22N2O3. The highest BCUT2D eigenvalue weighted by Gasteiger charge is 2.05. The molecule has 98 valence electrons. The van der Waals surface area contributed by atoms with Crippen LogP contribution < -0.4 is 5.73 Å². The lowest BCUT2D eigenvalue weighted by Crippen LogP contribution is -2.24. The van der Waals surface area contributed by atoms with Crippen molar-refractivity contribution in [3.05, 3.63) is 24.8 Å². The van der Waals surface area contributed by atoms with E-state index in [9.17, 15) is 9.59 Å². The summed E-state index contributed by atoms with van der Waals surface area (Å²) in [6.45, 7) is 13.4. The van der Waals surface area contributed by atoms with Gasteiger partial charge in [-0.2, -0.15) is 0 Å². The second-order valence-electron chi connectivity index (χ2n) is 3.29. The van der Waals surface area contributed by atoms with Gasteiger partial charge in [0, 0.05) is 12.1 Å². The van der Waals surface area contributed by atoms with Crippen molar-refractivity contribution < 1.29 is 14.7 Å². The maximum absolute atomic E-state index is 10.4. The van der Waals surface area contributed by atoms with Crippen molar-refractivity contribution in [3.8, 4) is 0 Å². The predicted molar refractivity (Wildman–Crippen MR) is 68.6 cm³/mol. The van der Waals surface area contributed by atoms with Crippen LogP contribution in [0.4, 0.5) is 0 Å². The van der Waals surface area contributed by atoms with Crippen LogP contribution in [0.2, 0.25) is 0 Å². The second-order valence-corrected chi connectivity index (χ2v) is 3.29. The lowest BCUT2D eigenvalue weighted by atomic mass is 10.2. The van der Waals surface area contributed by atoms with Gasteiger partial charge >= 0.3 is 5.97 Å². The first kappa shape index (κ1) is 17.8. The van der Waals surface area contributed by atoms with E-state index in [1.54, 1.807) is 0 Å². The van der Waals surface area contributed by atoms with Gasteiger partial charge in [-0.05, 0) is 25.6 Å².